The van der Waals surface area contributed by atoms with E-state index in [1.54, 1.807) is 0 Å². The van der Waals surface area contributed by atoms with E-state index < -0.39 is 0 Å². The molecule has 2 aliphatic heterocycles. The maximum absolute atomic E-state index is 10.7. The minimum atomic E-state index is -0.100. The second-order valence-corrected chi connectivity index (χ2v) is 27.5. The largest absolute Gasteiger partial charge is 0.311 e. The number of rotatable bonds is 10. The average molecular weight is 1260 g/mol. The van der Waals surface area contributed by atoms with Crippen molar-refractivity contribution in [3.8, 4) is 91.2 Å². The highest BCUT2D eigenvalue weighted by atomic mass is 15.2. The molecule has 5 heterocycles. The smallest absolute Gasteiger partial charge is 0.252 e. The summed E-state index contributed by atoms with van der Waals surface area (Å²) in [7, 11) is 0. The van der Waals surface area contributed by atoms with Gasteiger partial charge in [0.15, 0.2) is 34.9 Å². The first-order valence-electron chi connectivity index (χ1n) is 33.3. The number of hydrogen-bond donors (Lipinski definition) is 0. The second kappa shape index (κ2) is 23.5. The summed E-state index contributed by atoms with van der Waals surface area (Å²) < 4.78 is 2.29. The Morgan fingerprint density at radius 2 is 0.684 bits per heavy atom. The Kier molecular flexibility index (Phi) is 14.2. The first-order valence-corrected chi connectivity index (χ1v) is 33.3. The zero-order valence-corrected chi connectivity index (χ0v) is 55.2. The standard InChI is InChI=1S/C87H65BN10/c1-86(2,3)63-40-45-75-70(52-63)88-71-53-64(87(4,5)6)41-46-76(71)97(66-35-23-12-24-36-66)78-51-62(50-77(79(78)88)96(75)65-33-21-11-22-34-65)60-38-43-72-67(48-60)68-49-61(84-92-80(56-25-13-7-14-26-56)90-81(93-84)57-27-15-8-16-28-57)39-44-73(68)98(72)74-42-37-55(54-89)47-69(74)85-94-82(58-29-17-9-18-30-58)91-83(95-85)59-31-19-10-20-32-59/h7-53H,1-6H3. The Bertz CT molecular complexity index is 5420. The van der Waals surface area contributed by atoms with Crippen molar-refractivity contribution in [3.63, 3.8) is 0 Å². The van der Waals surface area contributed by atoms with E-state index in [-0.39, 0.29) is 17.5 Å². The van der Waals surface area contributed by atoms with Crippen LogP contribution in [0.5, 0.6) is 0 Å². The van der Waals surface area contributed by atoms with Crippen LogP contribution in [0.3, 0.4) is 0 Å². The molecule has 0 N–H and O–H groups in total. The van der Waals surface area contributed by atoms with Crippen LogP contribution < -0.4 is 26.2 Å². The van der Waals surface area contributed by atoms with Gasteiger partial charge in [0.2, 0.25) is 0 Å². The summed E-state index contributed by atoms with van der Waals surface area (Å²) in [5.74, 6) is 3.16. The maximum Gasteiger partial charge on any atom is 0.252 e. The van der Waals surface area contributed by atoms with Crippen molar-refractivity contribution >= 4 is 79.0 Å². The van der Waals surface area contributed by atoms with Crippen molar-refractivity contribution in [2.45, 2.75) is 52.4 Å². The van der Waals surface area contributed by atoms with E-state index in [0.717, 1.165) is 101 Å². The number of para-hydroxylation sites is 2. The monoisotopic (exact) mass is 1260 g/mol. The first-order chi connectivity index (χ1) is 47.8. The summed E-state index contributed by atoms with van der Waals surface area (Å²) in [5, 5.41) is 12.7. The molecule has 0 fully saturated rings. The van der Waals surface area contributed by atoms with Crippen LogP contribution in [0.25, 0.3) is 107 Å². The van der Waals surface area contributed by atoms with Gasteiger partial charge in [0.25, 0.3) is 6.71 Å². The molecule has 0 spiro atoms. The molecule has 0 amide bonds. The minimum Gasteiger partial charge on any atom is -0.311 e. The Morgan fingerprint density at radius 3 is 1.09 bits per heavy atom. The Labute approximate surface area is 570 Å². The van der Waals surface area contributed by atoms with E-state index in [4.69, 9.17) is 29.9 Å². The van der Waals surface area contributed by atoms with Crippen molar-refractivity contribution in [3.05, 3.63) is 302 Å². The van der Waals surface area contributed by atoms with Crippen molar-refractivity contribution in [1.29, 1.82) is 5.26 Å². The van der Waals surface area contributed by atoms with Crippen LogP contribution >= 0.6 is 0 Å². The van der Waals surface area contributed by atoms with Crippen LogP contribution in [0.15, 0.2) is 285 Å². The summed E-state index contributed by atoms with van der Waals surface area (Å²) >= 11 is 0. The summed E-state index contributed by atoms with van der Waals surface area (Å²) in [6, 6.07) is 103. The molecular weight excluding hydrogens is 1200 g/mol. The van der Waals surface area contributed by atoms with E-state index in [2.05, 4.69) is 208 Å². The number of anilines is 6. The molecule has 0 saturated heterocycles. The zero-order valence-electron chi connectivity index (χ0n) is 55.2. The maximum atomic E-state index is 10.7. The van der Waals surface area contributed by atoms with Crippen molar-refractivity contribution < 1.29 is 0 Å². The average Bonchev–Trinajstić information content (AvgIpc) is 0.929. The predicted molar refractivity (Wildman–Crippen MR) is 402 cm³/mol. The van der Waals surface area contributed by atoms with Gasteiger partial charge in [0.05, 0.1) is 28.4 Å². The number of hydrogen-bond acceptors (Lipinski definition) is 9. The molecule has 466 valence electrons. The number of benzene rings is 12. The molecule has 0 atom stereocenters. The second-order valence-electron chi connectivity index (χ2n) is 27.5. The highest BCUT2D eigenvalue weighted by Gasteiger charge is 2.45. The van der Waals surface area contributed by atoms with E-state index in [9.17, 15) is 5.26 Å². The molecule has 11 heteroatoms. The van der Waals surface area contributed by atoms with Crippen molar-refractivity contribution in [2.24, 2.45) is 0 Å². The molecule has 0 unspecified atom stereocenters. The number of aromatic nitrogens is 7. The van der Waals surface area contributed by atoms with Gasteiger partial charge in [-0.1, -0.05) is 230 Å². The molecule has 0 bridgehead atoms. The van der Waals surface area contributed by atoms with Crippen molar-refractivity contribution in [2.75, 3.05) is 9.80 Å². The van der Waals surface area contributed by atoms with Gasteiger partial charge in [0, 0.05) is 78.3 Å². The molecule has 0 radical (unpaired) electrons. The molecule has 98 heavy (non-hydrogen) atoms. The summed E-state index contributed by atoms with van der Waals surface area (Å²) in [5.41, 5.74) is 23.0. The molecule has 0 saturated carbocycles. The van der Waals surface area contributed by atoms with Crippen LogP contribution in [0.4, 0.5) is 34.1 Å². The molecule has 12 aromatic carbocycles. The van der Waals surface area contributed by atoms with Gasteiger partial charge in [-0.15, -0.1) is 0 Å². The lowest BCUT2D eigenvalue weighted by Gasteiger charge is -2.45. The highest BCUT2D eigenvalue weighted by molar-refractivity contribution is 7.00. The van der Waals surface area contributed by atoms with Crippen LogP contribution in [-0.4, -0.2) is 41.2 Å². The topological polar surface area (TPSA) is 113 Å². The third-order valence-electron chi connectivity index (χ3n) is 19.2. The van der Waals surface area contributed by atoms with E-state index in [0.29, 0.717) is 46.1 Å². The summed E-state index contributed by atoms with van der Waals surface area (Å²) in [6.07, 6.45) is 0. The minimum absolute atomic E-state index is 0.0961. The lowest BCUT2D eigenvalue weighted by atomic mass is 9.33. The fourth-order valence-electron chi connectivity index (χ4n) is 14.3. The van der Waals surface area contributed by atoms with E-state index in [1.807, 2.05) is 140 Å². The fraction of sp³-hybridized carbons (Fsp3) is 0.0920. The van der Waals surface area contributed by atoms with Gasteiger partial charge in [-0.2, -0.15) is 5.26 Å². The highest BCUT2D eigenvalue weighted by Crippen LogP contribution is 2.48. The Morgan fingerprint density at radius 1 is 0.316 bits per heavy atom. The molecule has 15 aromatic rings. The third kappa shape index (κ3) is 10.4. The zero-order chi connectivity index (χ0) is 66.4. The molecule has 0 aliphatic carbocycles. The van der Waals surface area contributed by atoms with Crippen LogP contribution in [0, 0.1) is 11.3 Å². The lowest BCUT2D eigenvalue weighted by molar-refractivity contribution is 0.590. The molecule has 10 nitrogen and oxygen atoms in total. The molecule has 17 rings (SSSR count). The van der Waals surface area contributed by atoms with Crippen molar-refractivity contribution in [1.82, 2.24) is 34.5 Å². The van der Waals surface area contributed by atoms with Crippen LogP contribution in [0.1, 0.15) is 58.2 Å². The Balaban J connectivity index is 0.944. The van der Waals surface area contributed by atoms with Gasteiger partial charge in [0.1, 0.15) is 0 Å². The number of fused-ring (bicyclic) bond motifs is 7. The fourth-order valence-corrected chi connectivity index (χ4v) is 14.3. The molecular formula is C87H65BN10. The van der Waals surface area contributed by atoms with Crippen LogP contribution in [0.2, 0.25) is 0 Å². The van der Waals surface area contributed by atoms with Gasteiger partial charge in [-0.05, 0) is 147 Å². The van der Waals surface area contributed by atoms with E-state index >= 15 is 0 Å². The van der Waals surface area contributed by atoms with Gasteiger partial charge >= 0.3 is 0 Å². The summed E-state index contributed by atoms with van der Waals surface area (Å²) in [6.45, 7) is 13.8. The molecule has 3 aromatic heterocycles. The van der Waals surface area contributed by atoms with Crippen LogP contribution in [-0.2, 0) is 10.8 Å². The SMILES string of the molecule is CC(C)(C)c1ccc2c(c1)B1c3cc(C(C)(C)C)ccc3N(c3ccccc3)c3cc(-c4ccc5c(c4)c4cc(-c6nc(-c7ccccc7)nc(-c7ccccc7)n6)ccc4n5-c4ccc(C#N)cc4-c4nc(-c5ccccc5)nc(-c5ccccc5)n4)cc(c31)N2c1ccccc1. The first kappa shape index (κ1) is 59.4. The van der Waals surface area contributed by atoms with Gasteiger partial charge < -0.3 is 14.4 Å². The summed E-state index contributed by atoms with van der Waals surface area (Å²) in [4.78, 5) is 36.3. The quantitative estimate of drug-likeness (QED) is 0.124. The lowest BCUT2D eigenvalue weighted by Crippen LogP contribution is -2.61. The van der Waals surface area contributed by atoms with Gasteiger partial charge in [-0.25, -0.2) is 29.9 Å². The van der Waals surface area contributed by atoms with Gasteiger partial charge in [-0.3, -0.25) is 0 Å². The Hall–Kier alpha value is -12.4. The third-order valence-corrected chi connectivity index (χ3v) is 19.2. The normalized spacial score (nSPS) is 12.5. The predicted octanol–water partition coefficient (Wildman–Crippen LogP) is 19.4. The number of nitrogens with zero attached hydrogens (tertiary/aromatic N) is 10. The molecule has 2 aliphatic rings. The van der Waals surface area contributed by atoms with E-state index in [1.165, 1.54) is 27.5 Å². The number of nitriles is 1.